The lowest BCUT2D eigenvalue weighted by molar-refractivity contribution is -0.142. The first kappa shape index (κ1) is 43.9. The van der Waals surface area contributed by atoms with Gasteiger partial charge in [0, 0.05) is 26.6 Å². The molecular weight excluding hydrogens is 695 g/mol. The summed E-state index contributed by atoms with van der Waals surface area (Å²) >= 11 is 0. The molecular formula is C35H56F5N6O4S+. The molecule has 0 aromatic heterocycles. The number of nitrogens with zero attached hydrogens (tertiary/aromatic N) is 2. The Hall–Kier alpha value is -3.27. The lowest BCUT2D eigenvalue weighted by Gasteiger charge is -2.37. The summed E-state index contributed by atoms with van der Waals surface area (Å²) in [5.41, 5.74) is -1.66. The maximum atomic E-state index is 14.0. The number of thiol groups is 1. The minimum atomic E-state index is -4.55. The number of urea groups is 1. The van der Waals surface area contributed by atoms with E-state index in [0.29, 0.717) is 13.0 Å². The maximum Gasteiger partial charge on any atom is 0.416 e. The average molecular weight is 752 g/mol. The summed E-state index contributed by atoms with van der Waals surface area (Å²) in [6.45, 7) is 13.9. The van der Waals surface area contributed by atoms with Crippen molar-refractivity contribution in [2.45, 2.75) is 111 Å². The lowest BCUT2D eigenvalue weighted by atomic mass is 9.85. The van der Waals surface area contributed by atoms with Crippen LogP contribution in [0.15, 0.2) is 24.3 Å². The number of hydrogen-bond acceptors (Lipinski definition) is 5. The Balaban J connectivity index is 2.15. The van der Waals surface area contributed by atoms with Crippen molar-refractivity contribution in [1.29, 1.82) is 0 Å². The number of hydrogen-bond donors (Lipinski definition) is 4. The highest BCUT2D eigenvalue weighted by atomic mass is 32.2. The van der Waals surface area contributed by atoms with Gasteiger partial charge in [-0.15, -0.1) is 0 Å². The van der Waals surface area contributed by atoms with E-state index >= 15 is 0 Å². The lowest BCUT2D eigenvalue weighted by Crippen LogP contribution is -2.61. The Bertz CT molecular complexity index is 1400. The Morgan fingerprint density at radius 3 is 2.22 bits per heavy atom. The van der Waals surface area contributed by atoms with E-state index in [1.54, 1.807) is 20.8 Å². The van der Waals surface area contributed by atoms with E-state index in [9.17, 15) is 41.1 Å². The van der Waals surface area contributed by atoms with Crippen LogP contribution in [0, 0.1) is 10.8 Å². The zero-order chi connectivity index (χ0) is 38.9. The topological polar surface area (TPSA) is 123 Å². The van der Waals surface area contributed by atoms with Gasteiger partial charge < -0.3 is 26.2 Å². The number of rotatable bonds is 14. The van der Waals surface area contributed by atoms with Gasteiger partial charge >= 0.3 is 12.2 Å². The fraction of sp³-hybridized carbons (Fsp3) is 0.686. The molecule has 16 heteroatoms. The predicted octanol–water partition coefficient (Wildman–Crippen LogP) is 4.27. The summed E-state index contributed by atoms with van der Waals surface area (Å²) in [6.07, 6.45) is -5.76. The number of halogens is 5. The van der Waals surface area contributed by atoms with Gasteiger partial charge in [0.25, 0.3) is 0 Å². The van der Waals surface area contributed by atoms with Crippen LogP contribution in [0.25, 0.3) is 0 Å². The molecule has 1 aromatic carbocycles. The SMILES string of the molecule is CC=[SH+](C)N(C)C[C@@H](NC(=O)N[C@H](C(=O)N1CCC[C@H]1C(=O)N[C@@H](CC(F)F)C(=O)NCCc1cccc(C(F)(F)F)c1)C(C)(C)C)C(C)(C)C. The number of alkyl halides is 5. The van der Waals surface area contributed by atoms with E-state index in [2.05, 4.69) is 37.2 Å². The van der Waals surface area contributed by atoms with Crippen LogP contribution in [-0.4, -0.2) is 102 Å². The molecule has 51 heavy (non-hydrogen) atoms. The third-order valence-electron chi connectivity index (χ3n) is 8.95. The summed E-state index contributed by atoms with van der Waals surface area (Å²) in [6, 6.07) is -0.0511. The fourth-order valence-electron chi connectivity index (χ4n) is 5.61. The van der Waals surface area contributed by atoms with E-state index in [0.717, 1.165) is 12.1 Å². The Morgan fingerprint density at radius 2 is 1.67 bits per heavy atom. The monoisotopic (exact) mass is 751 g/mol. The van der Waals surface area contributed by atoms with Crippen LogP contribution >= 0.6 is 0 Å². The quantitative estimate of drug-likeness (QED) is 0.0980. The zero-order valence-corrected chi connectivity index (χ0v) is 32.0. The predicted molar refractivity (Wildman–Crippen MR) is 193 cm³/mol. The molecule has 2 rings (SSSR count). The fourth-order valence-corrected chi connectivity index (χ4v) is 6.42. The van der Waals surface area contributed by atoms with Crippen LogP contribution in [0.2, 0.25) is 0 Å². The standard InChI is InChI=1S/C35H55F5N6O4S/c1-10-51(9)45(8)21-26(33(2,3)4)43-32(50)44-28(34(5,6)7)31(49)46-18-12-15-25(46)30(48)42-24(20-27(36)37)29(47)41-17-16-22-13-11-14-23(19-22)35(38,39)40/h10-11,13-14,19,24-28H,12,15-18,20-21H2,1-9H3,(H,41,47)(H,42,48)(H2,43,44,50)/p+1/t24-,25-,26+,28+,51?/m0/s1. The highest BCUT2D eigenvalue weighted by Gasteiger charge is 2.43. The molecule has 0 bridgehead atoms. The molecule has 0 radical (unpaired) electrons. The van der Waals surface area contributed by atoms with Gasteiger partial charge in [-0.2, -0.15) is 17.5 Å². The highest BCUT2D eigenvalue weighted by molar-refractivity contribution is 7.92. The summed E-state index contributed by atoms with van der Waals surface area (Å²) in [7, 11) is 1.48. The Morgan fingerprint density at radius 1 is 1.02 bits per heavy atom. The number of carbonyl (C=O) groups excluding carboxylic acids is 4. The van der Waals surface area contributed by atoms with Gasteiger partial charge in [-0.25, -0.2) is 13.6 Å². The molecule has 1 fully saturated rings. The molecule has 1 saturated heterocycles. The number of nitrogens with one attached hydrogen (secondary N) is 4. The average Bonchev–Trinajstić information content (AvgIpc) is 3.51. The van der Waals surface area contributed by atoms with Crippen molar-refractivity contribution in [2.24, 2.45) is 10.8 Å². The van der Waals surface area contributed by atoms with Crippen LogP contribution in [0.4, 0.5) is 26.7 Å². The smallest absolute Gasteiger partial charge is 0.354 e. The third-order valence-corrected chi connectivity index (χ3v) is 10.9. The summed E-state index contributed by atoms with van der Waals surface area (Å²) < 4.78 is 68.4. The van der Waals surface area contributed by atoms with Crippen molar-refractivity contribution in [3.8, 4) is 0 Å². The maximum absolute atomic E-state index is 14.0. The number of likely N-dealkylation sites (N-methyl/N-ethyl adjacent to an activating group) is 1. The van der Waals surface area contributed by atoms with E-state index in [4.69, 9.17) is 0 Å². The molecule has 290 valence electrons. The molecule has 10 nitrogen and oxygen atoms in total. The van der Waals surface area contributed by atoms with Crippen LogP contribution < -0.4 is 21.3 Å². The van der Waals surface area contributed by atoms with Gasteiger partial charge in [0.05, 0.1) is 29.8 Å². The van der Waals surface area contributed by atoms with E-state index in [-0.39, 0.29) is 43.0 Å². The molecule has 5 amide bonds. The van der Waals surface area contributed by atoms with Gasteiger partial charge in [0.15, 0.2) is 0 Å². The van der Waals surface area contributed by atoms with Crippen molar-refractivity contribution < 1.29 is 41.1 Å². The molecule has 1 aliphatic rings. The number of carbonyl (C=O) groups is 4. The molecule has 1 unspecified atom stereocenters. The molecule has 5 atom stereocenters. The number of amides is 5. The largest absolute Gasteiger partial charge is 0.416 e. The second kappa shape index (κ2) is 18.5. The van der Waals surface area contributed by atoms with Crippen LogP contribution in [0.5, 0.6) is 0 Å². The molecule has 1 aromatic rings. The zero-order valence-electron chi connectivity index (χ0n) is 31.1. The molecule has 0 saturated carbocycles. The normalized spacial score (nSPS) is 18.0. The molecule has 0 aliphatic carbocycles. The summed E-state index contributed by atoms with van der Waals surface area (Å²) in [5, 5.41) is 12.8. The van der Waals surface area contributed by atoms with Gasteiger partial charge in [0.1, 0.15) is 18.1 Å². The first-order valence-corrected chi connectivity index (χ1v) is 18.9. The first-order valence-electron chi connectivity index (χ1n) is 17.1. The van der Waals surface area contributed by atoms with E-state index in [1.807, 2.05) is 34.7 Å². The van der Waals surface area contributed by atoms with Crippen molar-refractivity contribution >= 4 is 39.8 Å². The van der Waals surface area contributed by atoms with Crippen molar-refractivity contribution in [2.75, 3.05) is 32.9 Å². The van der Waals surface area contributed by atoms with E-state index < -0.39 is 82.5 Å². The molecule has 1 heterocycles. The van der Waals surface area contributed by atoms with Gasteiger partial charge in [-0.1, -0.05) is 70.4 Å². The Labute approximate surface area is 301 Å². The van der Waals surface area contributed by atoms with E-state index in [1.165, 1.54) is 17.0 Å². The minimum Gasteiger partial charge on any atom is -0.354 e. The molecule has 0 spiro atoms. The molecule has 1 aliphatic heterocycles. The third kappa shape index (κ3) is 13.7. The second-order valence-electron chi connectivity index (χ2n) is 15.1. The van der Waals surface area contributed by atoms with Crippen molar-refractivity contribution in [3.05, 3.63) is 35.4 Å². The van der Waals surface area contributed by atoms with Crippen LogP contribution in [0.3, 0.4) is 0 Å². The highest BCUT2D eigenvalue weighted by Crippen LogP contribution is 2.30. The van der Waals surface area contributed by atoms with Gasteiger partial charge in [0.2, 0.25) is 24.1 Å². The number of benzene rings is 1. The van der Waals surface area contributed by atoms with Crippen LogP contribution in [-0.2, 0) is 37.7 Å². The Kier molecular flexibility index (Phi) is 15.9. The van der Waals surface area contributed by atoms with Gasteiger partial charge in [-0.3, -0.25) is 14.4 Å². The minimum absolute atomic E-state index is 0.00481. The first-order chi connectivity index (χ1) is 23.4. The van der Waals surface area contributed by atoms with Gasteiger partial charge in [-0.05, 0) is 48.6 Å². The second-order valence-corrected chi connectivity index (χ2v) is 17.5. The van der Waals surface area contributed by atoms with Crippen LogP contribution in [0.1, 0.15) is 78.9 Å². The number of likely N-dealkylation sites (tertiary alicyclic amines) is 1. The summed E-state index contributed by atoms with van der Waals surface area (Å²) in [4.78, 5) is 55.1. The molecule has 4 N–H and O–H groups in total. The van der Waals surface area contributed by atoms with Crippen molar-refractivity contribution in [3.63, 3.8) is 0 Å². The van der Waals surface area contributed by atoms with Crippen molar-refractivity contribution in [1.82, 2.24) is 30.5 Å². The summed E-state index contributed by atoms with van der Waals surface area (Å²) in [5.74, 6) is -2.24.